The maximum Gasteiger partial charge on any atom is 0.184 e. The van der Waals surface area contributed by atoms with Crippen molar-refractivity contribution < 1.29 is 28.1 Å². The number of hydrogen-bond acceptors (Lipinski definition) is 5. The standard InChI is InChI=1S/C21H24F3IN2O3/c1-21(5-6-21)9-15(28)16(29)10-30-17-8-13(23)18(24)20(19(17)26-2)27-14-4-3-11(25)7-12(14)22/h3-4,7-8,15-16,26-29H,5-6,9-10H2,1-2H3. The Labute approximate surface area is 186 Å². The van der Waals surface area contributed by atoms with E-state index in [9.17, 15) is 23.4 Å². The number of nitrogens with one attached hydrogen (secondary N) is 2. The van der Waals surface area contributed by atoms with Crippen molar-refractivity contribution >= 4 is 39.7 Å². The third-order valence-corrected chi connectivity index (χ3v) is 5.95. The fraction of sp³-hybridized carbons (Fsp3) is 0.429. The highest BCUT2D eigenvalue weighted by atomic mass is 127. The normalized spacial score (nSPS) is 16.7. The van der Waals surface area contributed by atoms with Crippen molar-refractivity contribution in [3.8, 4) is 5.75 Å². The number of hydrogen-bond donors (Lipinski definition) is 4. The molecular weight excluding hydrogens is 512 g/mol. The molecule has 9 heteroatoms. The summed E-state index contributed by atoms with van der Waals surface area (Å²) in [5, 5.41) is 25.7. The summed E-state index contributed by atoms with van der Waals surface area (Å²) >= 11 is 1.94. The summed E-state index contributed by atoms with van der Waals surface area (Å²) in [6.07, 6.45) is 0.251. The second-order valence-electron chi connectivity index (χ2n) is 7.88. The molecule has 2 aromatic carbocycles. The van der Waals surface area contributed by atoms with Gasteiger partial charge in [-0.15, -0.1) is 0 Å². The molecule has 0 spiro atoms. The van der Waals surface area contributed by atoms with Crippen molar-refractivity contribution in [2.24, 2.45) is 5.41 Å². The van der Waals surface area contributed by atoms with E-state index in [2.05, 4.69) is 10.6 Å². The topological polar surface area (TPSA) is 73.8 Å². The molecule has 1 fully saturated rings. The van der Waals surface area contributed by atoms with E-state index < -0.39 is 29.7 Å². The van der Waals surface area contributed by atoms with E-state index >= 15 is 0 Å². The first-order valence-corrected chi connectivity index (χ1v) is 10.6. The SMILES string of the molecule is CNc1c(OCC(O)C(O)CC2(C)CC2)cc(F)c(F)c1Nc1ccc(I)cc1F. The Morgan fingerprint density at radius 1 is 1.10 bits per heavy atom. The zero-order valence-electron chi connectivity index (χ0n) is 16.6. The molecule has 2 unspecified atom stereocenters. The van der Waals surface area contributed by atoms with Gasteiger partial charge in [0.1, 0.15) is 35.7 Å². The summed E-state index contributed by atoms with van der Waals surface area (Å²) in [5.74, 6) is -3.10. The van der Waals surface area contributed by atoms with Crippen LogP contribution in [0.4, 0.5) is 30.2 Å². The van der Waals surface area contributed by atoms with Crippen LogP contribution in [0.15, 0.2) is 24.3 Å². The molecule has 1 aliphatic rings. The number of aliphatic hydroxyl groups is 2. The van der Waals surface area contributed by atoms with Crippen LogP contribution >= 0.6 is 22.6 Å². The Kier molecular flexibility index (Phi) is 7.03. The first-order valence-electron chi connectivity index (χ1n) is 9.54. The Bertz CT molecular complexity index is 925. The van der Waals surface area contributed by atoms with E-state index in [0.29, 0.717) is 9.99 Å². The van der Waals surface area contributed by atoms with Gasteiger partial charge in [0.25, 0.3) is 0 Å². The van der Waals surface area contributed by atoms with E-state index in [0.717, 1.165) is 18.9 Å². The molecule has 30 heavy (non-hydrogen) atoms. The van der Waals surface area contributed by atoms with Crippen LogP contribution in [0.3, 0.4) is 0 Å². The van der Waals surface area contributed by atoms with E-state index in [1.165, 1.54) is 19.2 Å². The molecule has 0 saturated heterocycles. The predicted octanol–water partition coefficient (Wildman–Crippen LogP) is 4.78. The molecule has 164 valence electrons. The molecule has 0 aliphatic heterocycles. The highest BCUT2D eigenvalue weighted by Crippen LogP contribution is 2.49. The lowest BCUT2D eigenvalue weighted by Gasteiger charge is -2.23. The van der Waals surface area contributed by atoms with Gasteiger partial charge in [-0.05, 0) is 65.5 Å². The highest BCUT2D eigenvalue weighted by molar-refractivity contribution is 14.1. The molecule has 0 amide bonds. The summed E-state index contributed by atoms with van der Waals surface area (Å²) in [7, 11) is 1.48. The number of rotatable bonds is 9. The van der Waals surface area contributed by atoms with Crippen molar-refractivity contribution in [2.75, 3.05) is 24.3 Å². The van der Waals surface area contributed by atoms with Gasteiger partial charge in [-0.2, -0.15) is 0 Å². The fourth-order valence-electron chi connectivity index (χ4n) is 3.15. The Hall–Kier alpha value is -1.72. The van der Waals surface area contributed by atoms with E-state index in [-0.39, 0.29) is 34.8 Å². The molecule has 0 radical (unpaired) electrons. The fourth-order valence-corrected chi connectivity index (χ4v) is 3.61. The number of benzene rings is 2. The van der Waals surface area contributed by atoms with Crippen molar-refractivity contribution in [2.45, 2.75) is 38.4 Å². The van der Waals surface area contributed by atoms with Crippen LogP contribution in [0.2, 0.25) is 0 Å². The number of anilines is 3. The smallest absolute Gasteiger partial charge is 0.184 e. The molecular formula is C21H24F3IN2O3. The minimum Gasteiger partial charge on any atom is -0.488 e. The molecule has 0 aromatic heterocycles. The monoisotopic (exact) mass is 536 g/mol. The van der Waals surface area contributed by atoms with Gasteiger partial charge in [-0.25, -0.2) is 13.2 Å². The van der Waals surface area contributed by atoms with Gasteiger partial charge in [0.15, 0.2) is 11.6 Å². The maximum atomic E-state index is 14.5. The molecule has 4 N–H and O–H groups in total. The third kappa shape index (κ3) is 5.30. The van der Waals surface area contributed by atoms with Crippen LogP contribution < -0.4 is 15.4 Å². The van der Waals surface area contributed by atoms with Crippen LogP contribution in [0, 0.1) is 26.4 Å². The van der Waals surface area contributed by atoms with Crippen molar-refractivity contribution in [1.29, 1.82) is 0 Å². The quantitative estimate of drug-likeness (QED) is 0.347. The van der Waals surface area contributed by atoms with Gasteiger partial charge in [-0.3, -0.25) is 0 Å². The number of ether oxygens (including phenoxy) is 1. The van der Waals surface area contributed by atoms with E-state index in [1.807, 2.05) is 29.5 Å². The van der Waals surface area contributed by atoms with Gasteiger partial charge in [0.2, 0.25) is 0 Å². The molecule has 0 bridgehead atoms. The minimum absolute atomic E-state index is 0.0319. The van der Waals surface area contributed by atoms with E-state index in [4.69, 9.17) is 4.74 Å². The summed E-state index contributed by atoms with van der Waals surface area (Å²) in [6, 6.07) is 5.14. The van der Waals surface area contributed by atoms with Crippen molar-refractivity contribution in [3.05, 3.63) is 45.3 Å². The van der Waals surface area contributed by atoms with Crippen LogP contribution in [0.25, 0.3) is 0 Å². The first-order chi connectivity index (χ1) is 14.1. The van der Waals surface area contributed by atoms with Crippen LogP contribution in [-0.2, 0) is 0 Å². The summed E-state index contributed by atoms with van der Waals surface area (Å²) in [4.78, 5) is 0. The lowest BCUT2D eigenvalue weighted by atomic mass is 9.98. The van der Waals surface area contributed by atoms with Crippen molar-refractivity contribution in [3.63, 3.8) is 0 Å². The first kappa shape index (κ1) is 23.0. The molecule has 0 heterocycles. The minimum atomic E-state index is -1.20. The molecule has 1 saturated carbocycles. The number of halogens is 4. The Morgan fingerprint density at radius 2 is 1.80 bits per heavy atom. The Morgan fingerprint density at radius 3 is 2.40 bits per heavy atom. The second-order valence-corrected chi connectivity index (χ2v) is 9.13. The highest BCUT2D eigenvalue weighted by Gasteiger charge is 2.40. The van der Waals surface area contributed by atoms with Crippen LogP contribution in [0.1, 0.15) is 26.2 Å². The summed E-state index contributed by atoms with van der Waals surface area (Å²) in [6.45, 7) is 1.72. The lowest BCUT2D eigenvalue weighted by Crippen LogP contribution is -2.33. The van der Waals surface area contributed by atoms with Gasteiger partial charge >= 0.3 is 0 Å². The maximum absolute atomic E-state index is 14.5. The Balaban J connectivity index is 1.81. The average Bonchev–Trinajstić information content (AvgIpc) is 3.41. The molecule has 2 atom stereocenters. The van der Waals surface area contributed by atoms with Gasteiger partial charge in [0, 0.05) is 16.7 Å². The third-order valence-electron chi connectivity index (χ3n) is 5.28. The van der Waals surface area contributed by atoms with Crippen molar-refractivity contribution in [1.82, 2.24) is 0 Å². The van der Waals surface area contributed by atoms with Crippen LogP contribution in [0.5, 0.6) is 5.75 Å². The summed E-state index contributed by atoms with van der Waals surface area (Å²) in [5.41, 5.74) is -0.265. The van der Waals surface area contributed by atoms with E-state index in [1.54, 1.807) is 6.07 Å². The predicted molar refractivity (Wildman–Crippen MR) is 118 cm³/mol. The molecule has 3 rings (SSSR count). The molecule has 5 nitrogen and oxygen atoms in total. The second kappa shape index (κ2) is 9.19. The molecule has 1 aliphatic carbocycles. The lowest BCUT2D eigenvalue weighted by molar-refractivity contribution is -0.0201. The zero-order valence-corrected chi connectivity index (χ0v) is 18.8. The van der Waals surface area contributed by atoms with Gasteiger partial charge in [0.05, 0.1) is 11.8 Å². The average molecular weight is 536 g/mol. The van der Waals surface area contributed by atoms with Gasteiger partial charge < -0.3 is 25.6 Å². The number of aliphatic hydroxyl groups excluding tert-OH is 2. The summed E-state index contributed by atoms with van der Waals surface area (Å²) < 4.78 is 49.0. The molecule has 2 aromatic rings. The zero-order chi connectivity index (χ0) is 22.1. The largest absolute Gasteiger partial charge is 0.488 e. The van der Waals surface area contributed by atoms with Gasteiger partial charge in [-0.1, -0.05) is 6.92 Å². The van der Waals surface area contributed by atoms with Crippen LogP contribution in [-0.4, -0.2) is 36.1 Å².